The highest BCUT2D eigenvalue weighted by atomic mass is 35.5. The van der Waals surface area contributed by atoms with Gasteiger partial charge in [0, 0.05) is 36.3 Å². The Morgan fingerprint density at radius 1 is 1.17 bits per heavy atom. The van der Waals surface area contributed by atoms with E-state index in [2.05, 4.69) is 5.16 Å². The summed E-state index contributed by atoms with van der Waals surface area (Å²) in [5.74, 6) is -1.16. The SMILES string of the molecule is Cc1ccccc1/C(=N/OCCN1CCC=C(C(=O)O)C1)c1ccc(F)cc1C.Cl. The largest absolute Gasteiger partial charge is 0.478 e. The normalized spacial score (nSPS) is 14.6. The first kappa shape index (κ1) is 23.6. The lowest BCUT2D eigenvalue weighted by atomic mass is 9.95. The van der Waals surface area contributed by atoms with Gasteiger partial charge in [-0.25, -0.2) is 9.18 Å². The van der Waals surface area contributed by atoms with Crippen LogP contribution in [0.5, 0.6) is 0 Å². The summed E-state index contributed by atoms with van der Waals surface area (Å²) < 4.78 is 13.6. The van der Waals surface area contributed by atoms with Crippen LogP contribution in [-0.2, 0) is 9.63 Å². The Hall–Kier alpha value is -2.70. The lowest BCUT2D eigenvalue weighted by Crippen LogP contribution is -2.34. The number of nitrogens with zero attached hydrogens (tertiary/aromatic N) is 2. The third kappa shape index (κ3) is 5.90. The van der Waals surface area contributed by atoms with Crippen LogP contribution in [0.25, 0.3) is 0 Å². The molecule has 0 aromatic heterocycles. The highest BCUT2D eigenvalue weighted by molar-refractivity contribution is 6.14. The maximum Gasteiger partial charge on any atom is 0.332 e. The molecule has 0 saturated heterocycles. The summed E-state index contributed by atoms with van der Waals surface area (Å²) in [4.78, 5) is 18.8. The zero-order chi connectivity index (χ0) is 20.8. The summed E-state index contributed by atoms with van der Waals surface area (Å²) >= 11 is 0. The zero-order valence-corrected chi connectivity index (χ0v) is 17.9. The first-order valence-electron chi connectivity index (χ1n) is 9.63. The van der Waals surface area contributed by atoms with Crippen molar-refractivity contribution in [3.8, 4) is 0 Å². The fraction of sp³-hybridized carbons (Fsp3) is 0.304. The highest BCUT2D eigenvalue weighted by Gasteiger charge is 2.17. The maximum absolute atomic E-state index is 13.6. The predicted octanol–water partition coefficient (Wildman–Crippen LogP) is 4.35. The zero-order valence-electron chi connectivity index (χ0n) is 17.1. The van der Waals surface area contributed by atoms with Gasteiger partial charge in [0.25, 0.3) is 0 Å². The molecule has 0 amide bonds. The van der Waals surface area contributed by atoms with E-state index in [1.54, 1.807) is 12.1 Å². The summed E-state index contributed by atoms with van der Waals surface area (Å²) in [5.41, 5.74) is 4.65. The third-order valence-electron chi connectivity index (χ3n) is 5.00. The number of aliphatic carboxylic acids is 1. The van der Waals surface area contributed by atoms with Crippen LogP contribution < -0.4 is 0 Å². The van der Waals surface area contributed by atoms with Gasteiger partial charge in [-0.3, -0.25) is 4.90 Å². The molecule has 1 N–H and O–H groups in total. The molecule has 2 aromatic rings. The van der Waals surface area contributed by atoms with Crippen molar-refractivity contribution in [2.24, 2.45) is 5.16 Å². The van der Waals surface area contributed by atoms with Crippen molar-refractivity contribution in [1.29, 1.82) is 0 Å². The minimum Gasteiger partial charge on any atom is -0.478 e. The van der Waals surface area contributed by atoms with E-state index in [4.69, 9.17) is 9.94 Å². The smallest absolute Gasteiger partial charge is 0.332 e. The lowest BCUT2D eigenvalue weighted by Gasteiger charge is -2.25. The predicted molar refractivity (Wildman–Crippen MR) is 118 cm³/mol. The topological polar surface area (TPSA) is 62.1 Å². The molecule has 0 spiro atoms. The summed E-state index contributed by atoms with van der Waals surface area (Å²) in [7, 11) is 0. The van der Waals surface area contributed by atoms with Crippen molar-refractivity contribution in [3.05, 3.63) is 82.2 Å². The van der Waals surface area contributed by atoms with E-state index < -0.39 is 5.97 Å². The Bertz CT molecular complexity index is 959. The summed E-state index contributed by atoms with van der Waals surface area (Å²) in [5, 5.41) is 13.5. The second-order valence-electron chi connectivity index (χ2n) is 7.15. The van der Waals surface area contributed by atoms with Gasteiger partial charge in [-0.2, -0.15) is 0 Å². The molecule has 0 radical (unpaired) electrons. The first-order chi connectivity index (χ1) is 14.0. The highest BCUT2D eigenvalue weighted by Crippen LogP contribution is 2.19. The number of oxime groups is 1. The molecule has 1 aliphatic rings. The van der Waals surface area contributed by atoms with Crippen molar-refractivity contribution in [2.75, 3.05) is 26.2 Å². The van der Waals surface area contributed by atoms with Gasteiger partial charge in [0.2, 0.25) is 0 Å². The molecule has 2 aromatic carbocycles. The molecule has 0 saturated carbocycles. The molecule has 160 valence electrons. The van der Waals surface area contributed by atoms with Crippen LogP contribution in [0.15, 0.2) is 59.3 Å². The average molecular weight is 433 g/mol. The number of rotatable bonds is 7. The molecule has 5 nitrogen and oxygen atoms in total. The second-order valence-corrected chi connectivity index (χ2v) is 7.15. The monoisotopic (exact) mass is 432 g/mol. The Labute approximate surface area is 182 Å². The number of carboxylic acid groups (broad SMARTS) is 1. The van der Waals surface area contributed by atoms with Gasteiger partial charge in [0.1, 0.15) is 18.1 Å². The average Bonchev–Trinajstić information content (AvgIpc) is 2.70. The van der Waals surface area contributed by atoms with Gasteiger partial charge in [0.05, 0.1) is 0 Å². The molecule has 1 aliphatic heterocycles. The van der Waals surface area contributed by atoms with Gasteiger partial charge in [-0.1, -0.05) is 35.5 Å². The van der Waals surface area contributed by atoms with E-state index in [1.807, 2.05) is 43.0 Å². The molecule has 30 heavy (non-hydrogen) atoms. The molecular weight excluding hydrogens is 407 g/mol. The number of hydrogen-bond donors (Lipinski definition) is 1. The van der Waals surface area contributed by atoms with E-state index in [-0.39, 0.29) is 18.2 Å². The Balaban J connectivity index is 0.00000320. The fourth-order valence-electron chi connectivity index (χ4n) is 3.41. The molecule has 0 bridgehead atoms. The van der Waals surface area contributed by atoms with Crippen LogP contribution in [0.2, 0.25) is 0 Å². The van der Waals surface area contributed by atoms with Crippen LogP contribution in [-0.4, -0.2) is 47.9 Å². The summed E-state index contributed by atoms with van der Waals surface area (Å²) in [6.07, 6.45) is 2.49. The van der Waals surface area contributed by atoms with E-state index in [0.717, 1.165) is 28.8 Å². The number of hydrogen-bond acceptors (Lipinski definition) is 4. The third-order valence-corrected chi connectivity index (χ3v) is 5.00. The molecule has 1 heterocycles. The van der Waals surface area contributed by atoms with Crippen molar-refractivity contribution in [3.63, 3.8) is 0 Å². The minimum absolute atomic E-state index is 0. The van der Waals surface area contributed by atoms with Crippen LogP contribution in [0, 0.1) is 19.7 Å². The summed E-state index contributed by atoms with van der Waals surface area (Å²) in [6.45, 7) is 5.96. The number of carbonyl (C=O) groups is 1. The van der Waals surface area contributed by atoms with Crippen LogP contribution in [0.3, 0.4) is 0 Å². The van der Waals surface area contributed by atoms with E-state index in [9.17, 15) is 9.18 Å². The van der Waals surface area contributed by atoms with E-state index in [0.29, 0.717) is 37.4 Å². The van der Waals surface area contributed by atoms with Crippen molar-refractivity contribution in [1.82, 2.24) is 4.90 Å². The fourth-order valence-corrected chi connectivity index (χ4v) is 3.41. The minimum atomic E-state index is -0.873. The quantitative estimate of drug-likeness (QED) is 0.401. The van der Waals surface area contributed by atoms with Gasteiger partial charge >= 0.3 is 5.97 Å². The van der Waals surface area contributed by atoms with Crippen molar-refractivity contribution < 1.29 is 19.1 Å². The van der Waals surface area contributed by atoms with Gasteiger partial charge in [0.15, 0.2) is 0 Å². The van der Waals surface area contributed by atoms with E-state index in [1.165, 1.54) is 12.1 Å². The number of aryl methyl sites for hydroxylation is 2. The molecule has 0 aliphatic carbocycles. The molecule has 0 unspecified atom stereocenters. The molecule has 0 atom stereocenters. The molecule has 0 fully saturated rings. The Morgan fingerprint density at radius 3 is 2.60 bits per heavy atom. The number of halogens is 2. The number of benzene rings is 2. The van der Waals surface area contributed by atoms with Crippen LogP contribution >= 0.6 is 12.4 Å². The van der Waals surface area contributed by atoms with Crippen LogP contribution in [0.1, 0.15) is 28.7 Å². The van der Waals surface area contributed by atoms with Crippen LogP contribution in [0.4, 0.5) is 4.39 Å². The van der Waals surface area contributed by atoms with Gasteiger partial charge in [-0.05, 0) is 49.6 Å². The molecule has 3 rings (SSSR count). The van der Waals surface area contributed by atoms with Crippen molar-refractivity contribution in [2.45, 2.75) is 20.3 Å². The Kier molecular flexibility index (Phi) is 8.57. The maximum atomic E-state index is 13.6. The first-order valence-corrected chi connectivity index (χ1v) is 9.63. The number of carboxylic acids is 1. The second kappa shape index (κ2) is 10.9. The summed E-state index contributed by atoms with van der Waals surface area (Å²) in [6, 6.07) is 12.5. The Morgan fingerprint density at radius 2 is 1.90 bits per heavy atom. The van der Waals surface area contributed by atoms with Gasteiger partial charge < -0.3 is 9.94 Å². The van der Waals surface area contributed by atoms with Crippen molar-refractivity contribution >= 4 is 24.1 Å². The van der Waals surface area contributed by atoms with E-state index >= 15 is 0 Å². The van der Waals surface area contributed by atoms with Gasteiger partial charge in [-0.15, -0.1) is 12.4 Å². The lowest BCUT2D eigenvalue weighted by molar-refractivity contribution is -0.133. The molecule has 7 heteroatoms. The standard InChI is InChI=1S/C23H25FN2O3.ClH/c1-16-6-3-4-8-20(16)22(21-10-9-19(24)14-17(21)2)25-29-13-12-26-11-5-7-18(15-26)23(27)28;/h3-4,6-10,14H,5,11-13,15H2,1-2H3,(H,27,28);1H/b25-22-;. The molecular formula is C23H26ClFN2O3.